The monoisotopic (exact) mass is 388 g/mol. The topological polar surface area (TPSA) is 89.3 Å². The van der Waals surface area contributed by atoms with Crippen LogP contribution in [0.4, 0.5) is 11.6 Å². The molecule has 1 aliphatic heterocycles. The van der Waals surface area contributed by atoms with Crippen molar-refractivity contribution < 1.29 is 14.2 Å². The summed E-state index contributed by atoms with van der Waals surface area (Å²) in [4.78, 5) is 13.3. The number of carbonyl (C=O) groups excluding carboxylic acids is 1. The standard InChI is InChI=1S/C22H20N4O3/c1-28-16-9-7-14(8-10-16)20-19-17(23-21-22(24-20)26-29-25-21)11-15(12-18(19)27)13-5-3-2-4-6-13/h2-10,15,20H,11-12H2,1H3,(H,23,25)(H,24,26). The van der Waals surface area contributed by atoms with E-state index in [1.807, 2.05) is 42.5 Å². The number of methoxy groups -OCH3 is 1. The van der Waals surface area contributed by atoms with E-state index in [1.54, 1.807) is 7.11 Å². The highest BCUT2D eigenvalue weighted by Gasteiger charge is 2.37. The van der Waals surface area contributed by atoms with Crippen molar-refractivity contribution >= 4 is 17.4 Å². The molecule has 0 bridgehead atoms. The van der Waals surface area contributed by atoms with Crippen LogP contribution in [-0.4, -0.2) is 23.2 Å². The number of anilines is 2. The minimum atomic E-state index is -0.347. The van der Waals surface area contributed by atoms with E-state index in [2.05, 4.69) is 33.1 Å². The van der Waals surface area contributed by atoms with E-state index >= 15 is 0 Å². The lowest BCUT2D eigenvalue weighted by Crippen LogP contribution is -2.27. The molecule has 0 saturated heterocycles. The normalized spacial score (nSPS) is 20.8. The van der Waals surface area contributed by atoms with Gasteiger partial charge in [0.1, 0.15) is 5.75 Å². The number of carbonyl (C=O) groups is 1. The van der Waals surface area contributed by atoms with Crippen molar-refractivity contribution in [1.29, 1.82) is 0 Å². The van der Waals surface area contributed by atoms with Crippen molar-refractivity contribution in [2.75, 3.05) is 17.7 Å². The molecular formula is C22H20N4O3. The van der Waals surface area contributed by atoms with Crippen LogP contribution in [0, 0.1) is 0 Å². The number of benzene rings is 2. The van der Waals surface area contributed by atoms with Gasteiger partial charge in [-0.3, -0.25) is 4.79 Å². The minimum Gasteiger partial charge on any atom is -0.497 e. The lowest BCUT2D eigenvalue weighted by Gasteiger charge is -2.29. The summed E-state index contributed by atoms with van der Waals surface area (Å²) in [5.41, 5.74) is 3.69. The summed E-state index contributed by atoms with van der Waals surface area (Å²) in [5.74, 6) is 1.98. The predicted molar refractivity (Wildman–Crippen MR) is 108 cm³/mol. The molecule has 3 aromatic rings. The molecule has 2 aliphatic rings. The third kappa shape index (κ3) is 3.14. The summed E-state index contributed by atoms with van der Waals surface area (Å²) in [6.45, 7) is 0. The van der Waals surface area contributed by atoms with E-state index in [0.717, 1.165) is 28.1 Å². The molecule has 5 rings (SSSR count). The molecule has 2 unspecified atom stereocenters. The molecule has 2 atom stereocenters. The number of Topliss-reactive ketones (excluding diaryl/α,β-unsaturated/α-hetero) is 1. The fraction of sp³-hybridized carbons (Fsp3) is 0.227. The Hall–Kier alpha value is -3.61. The van der Waals surface area contributed by atoms with Crippen LogP contribution in [-0.2, 0) is 4.79 Å². The van der Waals surface area contributed by atoms with Crippen molar-refractivity contribution in [1.82, 2.24) is 10.3 Å². The first-order valence-electron chi connectivity index (χ1n) is 9.54. The second kappa shape index (κ2) is 7.09. The molecule has 1 aromatic heterocycles. The van der Waals surface area contributed by atoms with E-state index in [4.69, 9.17) is 9.37 Å². The fourth-order valence-electron chi connectivity index (χ4n) is 4.11. The maximum absolute atomic E-state index is 13.3. The summed E-state index contributed by atoms with van der Waals surface area (Å²) in [6.07, 6.45) is 1.18. The second-order valence-electron chi connectivity index (χ2n) is 7.27. The fourth-order valence-corrected chi connectivity index (χ4v) is 4.11. The van der Waals surface area contributed by atoms with Gasteiger partial charge < -0.3 is 15.4 Å². The number of hydrogen-bond donors (Lipinski definition) is 2. The van der Waals surface area contributed by atoms with Gasteiger partial charge in [-0.15, -0.1) is 0 Å². The van der Waals surface area contributed by atoms with Crippen molar-refractivity contribution in [2.45, 2.75) is 24.8 Å². The zero-order valence-electron chi connectivity index (χ0n) is 15.9. The van der Waals surface area contributed by atoms with Gasteiger partial charge >= 0.3 is 0 Å². The van der Waals surface area contributed by atoms with Crippen LogP contribution < -0.4 is 15.4 Å². The number of ketones is 1. The Morgan fingerprint density at radius 1 is 0.966 bits per heavy atom. The second-order valence-corrected chi connectivity index (χ2v) is 7.27. The van der Waals surface area contributed by atoms with Gasteiger partial charge in [0, 0.05) is 17.7 Å². The Morgan fingerprint density at radius 2 is 1.72 bits per heavy atom. The van der Waals surface area contributed by atoms with E-state index < -0.39 is 0 Å². The number of nitrogens with one attached hydrogen (secondary N) is 2. The lowest BCUT2D eigenvalue weighted by molar-refractivity contribution is -0.116. The van der Waals surface area contributed by atoms with E-state index in [-0.39, 0.29) is 17.7 Å². The first-order valence-corrected chi connectivity index (χ1v) is 9.54. The first-order chi connectivity index (χ1) is 14.2. The summed E-state index contributed by atoms with van der Waals surface area (Å²) in [7, 11) is 1.63. The van der Waals surface area contributed by atoms with Gasteiger partial charge in [0.15, 0.2) is 5.78 Å². The van der Waals surface area contributed by atoms with Crippen LogP contribution in [0.15, 0.2) is 70.5 Å². The number of ether oxygens (including phenoxy) is 1. The van der Waals surface area contributed by atoms with Gasteiger partial charge in [-0.2, -0.15) is 0 Å². The predicted octanol–water partition coefficient (Wildman–Crippen LogP) is 4.06. The Labute approximate surface area is 167 Å². The van der Waals surface area contributed by atoms with Crippen LogP contribution in [0.25, 0.3) is 0 Å². The number of hydrogen-bond acceptors (Lipinski definition) is 7. The maximum Gasteiger partial charge on any atom is 0.219 e. The molecule has 1 aliphatic carbocycles. The van der Waals surface area contributed by atoms with E-state index in [0.29, 0.717) is 24.5 Å². The average Bonchev–Trinajstić information content (AvgIpc) is 3.13. The largest absolute Gasteiger partial charge is 0.497 e. The Bertz CT molecular complexity index is 1070. The molecule has 7 nitrogen and oxygen atoms in total. The SMILES string of the molecule is COc1ccc(C2Nc3nonc3NC3=C2C(=O)CC(c2ccccc2)C3)cc1. The molecular weight excluding hydrogens is 368 g/mol. The Kier molecular flexibility index (Phi) is 4.27. The van der Waals surface area contributed by atoms with Crippen LogP contribution in [0.3, 0.4) is 0 Å². The molecule has 0 saturated carbocycles. The van der Waals surface area contributed by atoms with Crippen LogP contribution in [0.5, 0.6) is 5.75 Å². The van der Waals surface area contributed by atoms with Crippen LogP contribution in [0.2, 0.25) is 0 Å². The van der Waals surface area contributed by atoms with E-state index in [9.17, 15) is 4.79 Å². The van der Waals surface area contributed by atoms with Gasteiger partial charge in [-0.05, 0) is 45.9 Å². The number of nitrogens with zero attached hydrogens (tertiary/aromatic N) is 2. The van der Waals surface area contributed by atoms with Gasteiger partial charge in [-0.25, -0.2) is 4.63 Å². The number of aromatic nitrogens is 2. The van der Waals surface area contributed by atoms with Crippen LogP contribution >= 0.6 is 0 Å². The van der Waals surface area contributed by atoms with Crippen molar-refractivity contribution in [3.05, 3.63) is 77.0 Å². The van der Waals surface area contributed by atoms with Crippen LogP contribution in [0.1, 0.15) is 35.9 Å². The smallest absolute Gasteiger partial charge is 0.219 e. The molecule has 0 fully saturated rings. The highest BCUT2D eigenvalue weighted by atomic mass is 16.6. The number of fused-ring (bicyclic) bond motifs is 1. The minimum absolute atomic E-state index is 0.114. The third-order valence-corrected chi connectivity index (χ3v) is 5.56. The summed E-state index contributed by atoms with van der Waals surface area (Å²) >= 11 is 0. The summed E-state index contributed by atoms with van der Waals surface area (Å²) in [6, 6.07) is 17.5. The molecule has 146 valence electrons. The maximum atomic E-state index is 13.3. The number of allylic oxidation sites excluding steroid dienone is 1. The average molecular weight is 388 g/mol. The van der Waals surface area contributed by atoms with Gasteiger partial charge in [0.25, 0.3) is 0 Å². The molecule has 2 N–H and O–H groups in total. The zero-order chi connectivity index (χ0) is 19.8. The van der Waals surface area contributed by atoms with Gasteiger partial charge in [-0.1, -0.05) is 42.5 Å². The quantitative estimate of drug-likeness (QED) is 0.699. The molecule has 0 amide bonds. The first kappa shape index (κ1) is 17.5. The molecule has 29 heavy (non-hydrogen) atoms. The lowest BCUT2D eigenvalue weighted by atomic mass is 9.78. The third-order valence-electron chi connectivity index (χ3n) is 5.56. The molecule has 0 radical (unpaired) electrons. The molecule has 2 aromatic carbocycles. The van der Waals surface area contributed by atoms with Crippen molar-refractivity contribution in [3.63, 3.8) is 0 Å². The summed E-state index contributed by atoms with van der Waals surface area (Å²) < 4.78 is 10.2. The van der Waals surface area contributed by atoms with Crippen molar-refractivity contribution in [3.8, 4) is 5.75 Å². The Balaban J connectivity index is 1.58. The van der Waals surface area contributed by atoms with E-state index in [1.165, 1.54) is 0 Å². The Morgan fingerprint density at radius 3 is 2.48 bits per heavy atom. The summed E-state index contributed by atoms with van der Waals surface area (Å²) in [5, 5.41) is 14.6. The highest BCUT2D eigenvalue weighted by molar-refractivity contribution is 6.00. The molecule has 7 heteroatoms. The highest BCUT2D eigenvalue weighted by Crippen LogP contribution is 2.43. The molecule has 0 spiro atoms. The zero-order valence-corrected chi connectivity index (χ0v) is 15.9. The molecule has 2 heterocycles. The number of rotatable bonds is 3. The van der Waals surface area contributed by atoms with Gasteiger partial charge in [0.2, 0.25) is 11.6 Å². The van der Waals surface area contributed by atoms with Gasteiger partial charge in [0.05, 0.1) is 13.2 Å². The van der Waals surface area contributed by atoms with Crippen molar-refractivity contribution in [2.24, 2.45) is 0 Å².